The van der Waals surface area contributed by atoms with Crippen molar-refractivity contribution < 1.29 is 24.8 Å². The fourth-order valence-electron chi connectivity index (χ4n) is 5.36. The summed E-state index contributed by atoms with van der Waals surface area (Å²) in [6.07, 6.45) is 10.7. The van der Waals surface area contributed by atoms with Crippen molar-refractivity contribution in [2.24, 2.45) is 0 Å². The summed E-state index contributed by atoms with van der Waals surface area (Å²) >= 11 is -1.98. The zero-order valence-corrected chi connectivity index (χ0v) is 27.1. The molecule has 1 nitrogen and oxygen atoms in total. The van der Waals surface area contributed by atoms with Crippen LogP contribution in [0.15, 0.2) is 80.5 Å². The first-order valence-electron chi connectivity index (χ1n) is 12.3. The van der Waals surface area contributed by atoms with Crippen molar-refractivity contribution in [3.05, 3.63) is 104 Å². The average Bonchev–Trinajstić information content (AvgIpc) is 3.54. The van der Waals surface area contributed by atoms with Crippen molar-refractivity contribution in [1.82, 2.24) is 0 Å². The molecule has 0 aliphatic heterocycles. The fourth-order valence-corrected chi connectivity index (χ4v) is 23.6. The van der Waals surface area contributed by atoms with Crippen LogP contribution in [0.3, 0.4) is 0 Å². The summed E-state index contributed by atoms with van der Waals surface area (Å²) in [7, 11) is 0. The third-order valence-corrected chi connectivity index (χ3v) is 25.3. The molecule has 5 rings (SSSR count). The van der Waals surface area contributed by atoms with E-state index in [1.807, 2.05) is 0 Å². The van der Waals surface area contributed by atoms with E-state index in [9.17, 15) is 0 Å². The first-order chi connectivity index (χ1) is 16.2. The van der Waals surface area contributed by atoms with Crippen LogP contribution in [0.1, 0.15) is 59.0 Å². The van der Waals surface area contributed by atoms with Gasteiger partial charge in [0.25, 0.3) is 0 Å². The van der Waals surface area contributed by atoms with Crippen LogP contribution in [-0.4, -0.2) is 5.43 Å². The molecule has 0 saturated heterocycles. The maximum atomic E-state index is 6.26. The largest absolute Gasteiger partial charge is 0.147 e. The SMILES string of the molecule is Cc1ccc(C2=Cc3c(-c4ccc(C(C)(C)C)cc4)cccc3[CH]2[Zr]([C]2=CC=CC2)=[Si](C)C)o1.Cl.Cl. The standard InChI is InChI=1S/C24H23O.C5H5.C2H6Si.2ClH.Zr/c1-16-8-13-23(25-16)19-14-18-6-5-7-21(22(18)15-19)17-9-11-20(12-10-17)24(2,3)4;1-2-4-5-3-1;1-3-2;;;/h5-15H,1-4H3;1-3H,4H2;1-2H3;2*1H;. The van der Waals surface area contributed by atoms with Crippen molar-refractivity contribution in [1.29, 1.82) is 0 Å². The number of benzene rings is 2. The normalized spacial score (nSPS) is 16.0. The first kappa shape index (κ1) is 29.2. The number of hydrogen-bond acceptors (Lipinski definition) is 1. The molecule has 0 N–H and O–H groups in total. The molecule has 0 spiro atoms. The van der Waals surface area contributed by atoms with Crippen LogP contribution in [0.25, 0.3) is 22.8 Å². The van der Waals surface area contributed by atoms with Gasteiger partial charge in [0.1, 0.15) is 0 Å². The molecule has 1 heterocycles. The van der Waals surface area contributed by atoms with E-state index in [-0.39, 0.29) is 30.2 Å². The van der Waals surface area contributed by atoms with Gasteiger partial charge in [-0.3, -0.25) is 0 Å². The van der Waals surface area contributed by atoms with E-state index in [1.54, 1.807) is 3.28 Å². The molecule has 188 valence electrons. The Morgan fingerprint density at radius 3 is 2.22 bits per heavy atom. The maximum Gasteiger partial charge on any atom is -0.147 e. The zero-order chi connectivity index (χ0) is 24.0. The molecule has 2 aliphatic rings. The van der Waals surface area contributed by atoms with E-state index >= 15 is 0 Å². The molecule has 2 aromatic carbocycles. The molecule has 0 saturated carbocycles. The number of allylic oxidation sites excluding steroid dienone is 5. The molecule has 0 amide bonds. The van der Waals surface area contributed by atoms with Crippen LogP contribution in [0.5, 0.6) is 0 Å². The predicted molar refractivity (Wildman–Crippen MR) is 158 cm³/mol. The molecule has 36 heavy (non-hydrogen) atoms. The molecular formula is C31H36Cl2OSiZr. The molecule has 1 atom stereocenters. The fraction of sp³-hybridized carbons (Fsp3) is 0.290. The van der Waals surface area contributed by atoms with E-state index in [2.05, 4.69) is 120 Å². The minimum Gasteiger partial charge on any atom is -0.147 e. The summed E-state index contributed by atoms with van der Waals surface area (Å²) in [6, 6.07) is 20.5. The minimum atomic E-state index is -1.98. The topological polar surface area (TPSA) is 13.1 Å². The van der Waals surface area contributed by atoms with Gasteiger partial charge in [-0.25, -0.2) is 0 Å². The van der Waals surface area contributed by atoms with Crippen molar-refractivity contribution >= 4 is 41.9 Å². The molecule has 0 bridgehead atoms. The second kappa shape index (κ2) is 11.6. The molecule has 3 aromatic rings. The molecule has 2 aliphatic carbocycles. The van der Waals surface area contributed by atoms with Gasteiger partial charge in [-0.05, 0) is 0 Å². The maximum absolute atomic E-state index is 6.26. The molecule has 0 radical (unpaired) electrons. The second-order valence-corrected chi connectivity index (χ2v) is 28.4. The van der Waals surface area contributed by atoms with Crippen LogP contribution in [0, 0.1) is 6.92 Å². The number of hydrogen-bond donors (Lipinski definition) is 0. The first-order valence-corrected chi connectivity index (χ1v) is 21.1. The Morgan fingerprint density at radius 2 is 1.67 bits per heavy atom. The molecule has 0 fully saturated rings. The summed E-state index contributed by atoms with van der Waals surface area (Å²) in [4.78, 5) is 0. The minimum absolute atomic E-state index is 0. The van der Waals surface area contributed by atoms with Gasteiger partial charge in [0, 0.05) is 0 Å². The Balaban J connectivity index is 0.00000180. The van der Waals surface area contributed by atoms with Crippen LogP contribution >= 0.6 is 24.8 Å². The third-order valence-electron chi connectivity index (χ3n) is 7.09. The Morgan fingerprint density at radius 1 is 0.944 bits per heavy atom. The van der Waals surface area contributed by atoms with E-state index in [0.717, 1.165) is 17.9 Å². The summed E-state index contributed by atoms with van der Waals surface area (Å²) in [5, 5.41) is 0. The van der Waals surface area contributed by atoms with E-state index < -0.39 is 25.8 Å². The monoisotopic (exact) mass is 612 g/mol. The van der Waals surface area contributed by atoms with Gasteiger partial charge < -0.3 is 0 Å². The van der Waals surface area contributed by atoms with E-state index in [4.69, 9.17) is 4.42 Å². The van der Waals surface area contributed by atoms with Crippen LogP contribution < -0.4 is 0 Å². The van der Waals surface area contributed by atoms with Crippen LogP contribution in [-0.2, 0) is 25.8 Å². The summed E-state index contributed by atoms with van der Waals surface area (Å²) in [6.45, 7) is 14.0. The van der Waals surface area contributed by atoms with Crippen LogP contribution in [0.2, 0.25) is 13.1 Å². The van der Waals surface area contributed by atoms with Gasteiger partial charge in [0.2, 0.25) is 0 Å². The molecule has 5 heteroatoms. The van der Waals surface area contributed by atoms with Gasteiger partial charge in [0.15, 0.2) is 0 Å². The van der Waals surface area contributed by atoms with Gasteiger partial charge in [-0.2, -0.15) is 0 Å². The Labute approximate surface area is 236 Å². The number of fused-ring (bicyclic) bond motifs is 1. The Hall–Kier alpha value is -1.38. The van der Waals surface area contributed by atoms with Crippen molar-refractivity contribution in [2.45, 2.75) is 56.3 Å². The molecule has 1 unspecified atom stereocenters. The number of aryl methyl sites for hydroxylation is 1. The van der Waals surface area contributed by atoms with E-state index in [1.165, 1.54) is 33.4 Å². The smallest absolute Gasteiger partial charge is 0.147 e. The van der Waals surface area contributed by atoms with Gasteiger partial charge in [-0.1, -0.05) is 0 Å². The van der Waals surface area contributed by atoms with Gasteiger partial charge >= 0.3 is 214 Å². The van der Waals surface area contributed by atoms with Crippen molar-refractivity contribution in [2.75, 3.05) is 0 Å². The Kier molecular flexibility index (Phi) is 9.37. The second-order valence-electron chi connectivity index (χ2n) is 10.8. The number of halogens is 2. The number of furan rings is 1. The van der Waals surface area contributed by atoms with Crippen molar-refractivity contribution in [3.63, 3.8) is 0 Å². The molecular weight excluding hydrogens is 579 g/mol. The third kappa shape index (κ3) is 5.56. The van der Waals surface area contributed by atoms with E-state index in [0.29, 0.717) is 3.63 Å². The van der Waals surface area contributed by atoms with Crippen molar-refractivity contribution in [3.8, 4) is 11.1 Å². The predicted octanol–water partition coefficient (Wildman–Crippen LogP) is 9.70. The summed E-state index contributed by atoms with van der Waals surface area (Å²) in [5.41, 5.74) is 8.17. The van der Waals surface area contributed by atoms with Gasteiger partial charge in [0.05, 0.1) is 0 Å². The molecule has 1 aromatic heterocycles. The zero-order valence-electron chi connectivity index (χ0n) is 22.0. The average molecular weight is 615 g/mol. The Bertz CT molecular complexity index is 1380. The quantitative estimate of drug-likeness (QED) is 0.267. The number of rotatable bonds is 4. The van der Waals surface area contributed by atoms with Crippen LogP contribution in [0.4, 0.5) is 0 Å². The van der Waals surface area contributed by atoms with Gasteiger partial charge in [-0.15, -0.1) is 24.8 Å². The summed E-state index contributed by atoms with van der Waals surface area (Å²) in [5.74, 6) is 2.06. The summed E-state index contributed by atoms with van der Waals surface area (Å²) < 4.78 is 8.57.